The molecule has 0 spiro atoms. The number of hydrogen-bond donors (Lipinski definition) is 1. The Morgan fingerprint density at radius 3 is 2.48 bits per heavy atom. The highest BCUT2D eigenvalue weighted by atomic mass is 79.9. The summed E-state index contributed by atoms with van der Waals surface area (Å²) in [5.74, 6) is 0.0625. The third-order valence-electron chi connectivity index (χ3n) is 3.57. The Hall–Kier alpha value is -2.15. The molecular weight excluding hydrogens is 370 g/mol. The van der Waals surface area contributed by atoms with Crippen molar-refractivity contribution in [1.82, 2.24) is 0 Å². The Balaban J connectivity index is 2.11. The molecule has 0 amide bonds. The monoisotopic (exact) mass is 382 g/mol. The van der Waals surface area contributed by atoms with Gasteiger partial charge in [0.05, 0.1) is 0 Å². The molecule has 23 heavy (non-hydrogen) atoms. The number of halogens is 3. The second-order valence-electron chi connectivity index (χ2n) is 5.02. The van der Waals surface area contributed by atoms with Gasteiger partial charge in [0.2, 0.25) is 0 Å². The average Bonchev–Trinajstić information content (AvgIpc) is 2.90. The first-order valence-electron chi connectivity index (χ1n) is 6.79. The minimum atomic E-state index is -2.89. The largest absolute Gasteiger partial charge is 0.462 e. The van der Waals surface area contributed by atoms with Crippen LogP contribution in [0.1, 0.15) is 11.1 Å². The summed E-state index contributed by atoms with van der Waals surface area (Å²) >= 11 is 3.42. The molecule has 1 atom stereocenters. The lowest BCUT2D eigenvalue weighted by atomic mass is 9.84. The lowest BCUT2D eigenvalue weighted by Crippen LogP contribution is -2.27. The molecule has 2 aromatic rings. The van der Waals surface area contributed by atoms with Crippen LogP contribution in [0, 0.1) is 0 Å². The SMILES string of the molecule is NC1=N[C@](c2cccc(Br)c2)(c2cccc(OC(F)F)c2)CO1. The predicted molar refractivity (Wildman–Crippen MR) is 85.6 cm³/mol. The van der Waals surface area contributed by atoms with Crippen LogP contribution in [0.2, 0.25) is 0 Å². The van der Waals surface area contributed by atoms with Crippen molar-refractivity contribution in [1.29, 1.82) is 0 Å². The van der Waals surface area contributed by atoms with Crippen molar-refractivity contribution >= 4 is 22.0 Å². The summed E-state index contributed by atoms with van der Waals surface area (Å²) in [6.45, 7) is -2.70. The van der Waals surface area contributed by atoms with E-state index in [-0.39, 0.29) is 18.4 Å². The molecule has 0 aromatic heterocycles. The summed E-state index contributed by atoms with van der Waals surface area (Å²) < 4.78 is 35.6. The highest BCUT2D eigenvalue weighted by Gasteiger charge is 2.40. The highest BCUT2D eigenvalue weighted by Crippen LogP contribution is 2.39. The first kappa shape index (κ1) is 15.7. The second kappa shape index (κ2) is 6.16. The molecule has 1 heterocycles. The first-order chi connectivity index (χ1) is 11.0. The number of ether oxygens (including phenoxy) is 2. The number of nitrogens with two attached hydrogens (primary N) is 1. The standard InChI is InChI=1S/C16H13BrF2N2O2/c17-12-5-1-3-10(7-12)16(9-22-15(20)21-16)11-4-2-6-13(8-11)23-14(18)19/h1-8,14H,9H2,(H2,20,21)/t16-/m1/s1. The minimum Gasteiger partial charge on any atom is -0.462 e. The van der Waals surface area contributed by atoms with Gasteiger partial charge in [-0.1, -0.05) is 40.2 Å². The molecule has 1 aliphatic rings. The van der Waals surface area contributed by atoms with Crippen molar-refractivity contribution < 1.29 is 18.3 Å². The molecule has 3 rings (SSSR count). The maximum atomic E-state index is 12.5. The summed E-state index contributed by atoms with van der Waals surface area (Å²) in [4.78, 5) is 4.43. The van der Waals surface area contributed by atoms with E-state index in [4.69, 9.17) is 10.5 Å². The summed E-state index contributed by atoms with van der Waals surface area (Å²) in [5, 5.41) is 0. The number of benzene rings is 2. The van der Waals surface area contributed by atoms with Gasteiger partial charge in [-0.25, -0.2) is 4.99 Å². The van der Waals surface area contributed by atoms with Crippen LogP contribution in [0.4, 0.5) is 8.78 Å². The second-order valence-corrected chi connectivity index (χ2v) is 5.93. The molecule has 0 saturated heterocycles. The molecule has 0 fully saturated rings. The molecule has 0 bridgehead atoms. The lowest BCUT2D eigenvalue weighted by molar-refractivity contribution is -0.0499. The summed E-state index contributed by atoms with van der Waals surface area (Å²) in [6, 6.07) is 14.0. The van der Waals surface area contributed by atoms with E-state index in [1.54, 1.807) is 12.1 Å². The average molecular weight is 383 g/mol. The van der Waals surface area contributed by atoms with E-state index in [9.17, 15) is 8.78 Å². The van der Waals surface area contributed by atoms with Crippen LogP contribution in [0.5, 0.6) is 5.75 Å². The van der Waals surface area contributed by atoms with Gasteiger partial charge < -0.3 is 15.2 Å². The Kier molecular flexibility index (Phi) is 4.21. The Morgan fingerprint density at radius 2 is 1.87 bits per heavy atom. The third-order valence-corrected chi connectivity index (χ3v) is 4.06. The van der Waals surface area contributed by atoms with Gasteiger partial charge in [0.15, 0.2) is 5.54 Å². The fourth-order valence-electron chi connectivity index (χ4n) is 2.57. The molecule has 4 nitrogen and oxygen atoms in total. The van der Waals surface area contributed by atoms with Crippen molar-refractivity contribution in [3.63, 3.8) is 0 Å². The van der Waals surface area contributed by atoms with Crippen molar-refractivity contribution in [3.8, 4) is 5.75 Å². The molecule has 0 saturated carbocycles. The van der Waals surface area contributed by atoms with Crippen molar-refractivity contribution in [2.45, 2.75) is 12.2 Å². The topological polar surface area (TPSA) is 56.8 Å². The zero-order valence-corrected chi connectivity index (χ0v) is 13.5. The molecular formula is C16H13BrF2N2O2. The van der Waals surface area contributed by atoms with E-state index in [1.807, 2.05) is 24.3 Å². The fraction of sp³-hybridized carbons (Fsp3) is 0.188. The van der Waals surface area contributed by atoms with Crippen LogP contribution in [-0.4, -0.2) is 19.2 Å². The molecule has 0 radical (unpaired) electrons. The summed E-state index contributed by atoms with van der Waals surface area (Å²) in [7, 11) is 0. The van der Waals surface area contributed by atoms with Crippen molar-refractivity contribution in [2.75, 3.05) is 6.61 Å². The van der Waals surface area contributed by atoms with Crippen LogP contribution in [0.25, 0.3) is 0 Å². The molecule has 0 unspecified atom stereocenters. The molecule has 7 heteroatoms. The van der Waals surface area contributed by atoms with Gasteiger partial charge in [-0.2, -0.15) is 8.78 Å². The molecule has 1 aliphatic heterocycles. The number of hydrogen-bond acceptors (Lipinski definition) is 4. The zero-order chi connectivity index (χ0) is 16.4. The normalized spacial score (nSPS) is 20.3. The van der Waals surface area contributed by atoms with E-state index in [1.165, 1.54) is 12.1 Å². The van der Waals surface area contributed by atoms with Gasteiger partial charge in [-0.15, -0.1) is 0 Å². The van der Waals surface area contributed by atoms with Gasteiger partial charge in [0.25, 0.3) is 6.02 Å². The Bertz CT molecular complexity index is 754. The molecule has 2 N–H and O–H groups in total. The molecule has 0 aliphatic carbocycles. The smallest absolute Gasteiger partial charge is 0.387 e. The number of amidine groups is 1. The van der Waals surface area contributed by atoms with E-state index < -0.39 is 12.2 Å². The summed E-state index contributed by atoms with van der Waals surface area (Å²) in [6.07, 6.45) is 0. The van der Waals surface area contributed by atoms with E-state index in [0.717, 1.165) is 10.0 Å². The molecule has 2 aromatic carbocycles. The summed E-state index contributed by atoms with van der Waals surface area (Å²) in [5.41, 5.74) is 6.31. The fourth-order valence-corrected chi connectivity index (χ4v) is 2.97. The number of nitrogens with zero attached hydrogens (tertiary/aromatic N) is 1. The van der Waals surface area contributed by atoms with E-state index >= 15 is 0 Å². The van der Waals surface area contributed by atoms with Crippen LogP contribution in [-0.2, 0) is 10.3 Å². The first-order valence-corrected chi connectivity index (χ1v) is 7.58. The van der Waals surface area contributed by atoms with Crippen LogP contribution in [0.15, 0.2) is 58.0 Å². The van der Waals surface area contributed by atoms with Crippen molar-refractivity contribution in [2.24, 2.45) is 10.7 Å². The number of aliphatic imine (C=N–C) groups is 1. The Morgan fingerprint density at radius 1 is 1.17 bits per heavy atom. The van der Waals surface area contributed by atoms with Crippen LogP contribution >= 0.6 is 15.9 Å². The quantitative estimate of drug-likeness (QED) is 0.877. The van der Waals surface area contributed by atoms with Gasteiger partial charge in [-0.05, 0) is 35.4 Å². The van der Waals surface area contributed by atoms with Gasteiger partial charge >= 0.3 is 6.61 Å². The highest BCUT2D eigenvalue weighted by molar-refractivity contribution is 9.10. The van der Waals surface area contributed by atoms with Gasteiger partial charge in [0.1, 0.15) is 12.4 Å². The van der Waals surface area contributed by atoms with Crippen LogP contribution in [0.3, 0.4) is 0 Å². The Labute approximate surface area is 140 Å². The van der Waals surface area contributed by atoms with Gasteiger partial charge in [-0.3, -0.25) is 0 Å². The predicted octanol–water partition coefficient (Wildman–Crippen LogP) is 3.64. The maximum Gasteiger partial charge on any atom is 0.387 e. The van der Waals surface area contributed by atoms with E-state index in [2.05, 4.69) is 25.7 Å². The van der Waals surface area contributed by atoms with Gasteiger partial charge in [0, 0.05) is 4.47 Å². The third kappa shape index (κ3) is 3.14. The lowest BCUT2D eigenvalue weighted by Gasteiger charge is -2.26. The van der Waals surface area contributed by atoms with E-state index in [0.29, 0.717) is 5.56 Å². The maximum absolute atomic E-state index is 12.5. The zero-order valence-electron chi connectivity index (χ0n) is 11.9. The number of alkyl halides is 2. The molecule has 120 valence electrons. The van der Waals surface area contributed by atoms with Crippen molar-refractivity contribution in [3.05, 3.63) is 64.1 Å². The van der Waals surface area contributed by atoms with Crippen LogP contribution < -0.4 is 10.5 Å². The number of rotatable bonds is 4. The minimum absolute atomic E-state index is 0.0603.